The predicted octanol–water partition coefficient (Wildman–Crippen LogP) is -2.54. The lowest BCUT2D eigenvalue weighted by molar-refractivity contribution is -0.142. The molecule has 0 spiro atoms. The Labute approximate surface area is 278 Å². The fourth-order valence-electron chi connectivity index (χ4n) is 3.73. The molecule has 4 amide bonds. The fourth-order valence-corrected chi connectivity index (χ4v) is 8.28. The number of carbonyl (C=O) groups excluding carboxylic acids is 4. The van der Waals surface area contributed by atoms with Crippen LogP contribution in [0.4, 0.5) is 0 Å². The molecule has 22 heteroatoms. The van der Waals surface area contributed by atoms with Gasteiger partial charge in [-0.15, -0.1) is 0 Å². The molecule has 1 saturated heterocycles. The molecular weight excluding hydrogens is 685 g/mol. The van der Waals surface area contributed by atoms with Gasteiger partial charge in [-0.05, 0) is 0 Å². The van der Waals surface area contributed by atoms with E-state index in [9.17, 15) is 39.0 Å². The third-order valence-electron chi connectivity index (χ3n) is 6.26. The lowest BCUT2D eigenvalue weighted by Crippen LogP contribution is -2.56. The summed E-state index contributed by atoms with van der Waals surface area (Å²) in [7, 11) is 4.24. The number of aromatic amines is 2. The van der Waals surface area contributed by atoms with Crippen molar-refractivity contribution >= 4 is 78.7 Å². The number of hydrogen-bond donors (Lipinski definition) is 10. The third-order valence-corrected chi connectivity index (χ3v) is 11.2. The summed E-state index contributed by atoms with van der Waals surface area (Å²) in [5.74, 6) is -5.76. The van der Waals surface area contributed by atoms with E-state index in [0.717, 1.165) is 43.2 Å². The van der Waals surface area contributed by atoms with Gasteiger partial charge in [-0.1, -0.05) is 43.2 Å². The van der Waals surface area contributed by atoms with E-state index >= 15 is 0 Å². The van der Waals surface area contributed by atoms with Gasteiger partial charge in [0.2, 0.25) is 23.6 Å². The molecule has 1 aliphatic rings. The number of aliphatic carboxylic acids is 2. The number of carbonyl (C=O) groups is 6. The van der Waals surface area contributed by atoms with Crippen molar-refractivity contribution in [3.63, 3.8) is 0 Å². The molecule has 1 fully saturated rings. The maximum atomic E-state index is 13.2. The van der Waals surface area contributed by atoms with Crippen molar-refractivity contribution in [2.45, 2.75) is 49.1 Å². The van der Waals surface area contributed by atoms with Crippen LogP contribution in [0.1, 0.15) is 11.4 Å². The van der Waals surface area contributed by atoms with Crippen LogP contribution in [0.25, 0.3) is 0 Å². The number of H-pyrrole nitrogens is 2. The topological polar surface area (TPSA) is 300 Å². The van der Waals surface area contributed by atoms with E-state index in [1.165, 1.54) is 25.0 Å². The summed E-state index contributed by atoms with van der Waals surface area (Å²) >= 11 is 0. The van der Waals surface area contributed by atoms with Crippen LogP contribution in [0.15, 0.2) is 25.0 Å². The van der Waals surface area contributed by atoms with E-state index in [1.54, 1.807) is 0 Å². The predicted molar refractivity (Wildman–Crippen MR) is 173 cm³/mol. The lowest BCUT2D eigenvalue weighted by Gasteiger charge is -2.23. The SMILES string of the molecule is NC1CSSCC(C(=O)O)NC(=O)C(Cc2cnc[nH]2)NC(=O)C(N)CSSCC(C(=O)O)NC(=O)C(Cc2cnc[nH]2)NC1=O. The first-order chi connectivity index (χ1) is 21.9. The van der Waals surface area contributed by atoms with Crippen molar-refractivity contribution < 1.29 is 39.0 Å². The van der Waals surface area contributed by atoms with Gasteiger partial charge in [0, 0.05) is 59.6 Å². The molecule has 12 N–H and O–H groups in total. The highest BCUT2D eigenvalue weighted by Gasteiger charge is 2.31. The summed E-state index contributed by atoms with van der Waals surface area (Å²) < 4.78 is 0. The van der Waals surface area contributed by atoms with Crippen molar-refractivity contribution in [3.8, 4) is 0 Å². The number of nitrogens with one attached hydrogen (secondary N) is 6. The summed E-state index contributed by atoms with van der Waals surface area (Å²) in [6, 6.07) is -7.34. The first kappa shape index (κ1) is 37.0. The van der Waals surface area contributed by atoms with Crippen molar-refractivity contribution in [2.24, 2.45) is 11.5 Å². The number of nitrogens with zero attached hydrogens (tertiary/aromatic N) is 2. The number of aromatic nitrogens is 4. The number of imidazole rings is 2. The highest BCUT2D eigenvalue weighted by atomic mass is 33.1. The molecule has 0 aromatic carbocycles. The molecule has 6 atom stereocenters. The molecule has 0 aliphatic carbocycles. The van der Waals surface area contributed by atoms with Crippen LogP contribution in [0.5, 0.6) is 0 Å². The van der Waals surface area contributed by atoms with Crippen LogP contribution in [-0.4, -0.2) is 125 Å². The Hall–Kier alpha value is -3.44. The molecule has 2 aromatic rings. The highest BCUT2D eigenvalue weighted by Crippen LogP contribution is 2.24. The van der Waals surface area contributed by atoms with Crippen molar-refractivity contribution in [2.75, 3.05) is 23.0 Å². The molecule has 0 saturated carbocycles. The second-order valence-electron chi connectivity index (χ2n) is 9.83. The number of carboxylic acid groups (broad SMARTS) is 2. The van der Waals surface area contributed by atoms with Crippen molar-refractivity contribution in [1.82, 2.24) is 41.2 Å². The first-order valence-corrected chi connectivity index (χ1v) is 18.5. The van der Waals surface area contributed by atoms with Gasteiger partial charge < -0.3 is 52.9 Å². The van der Waals surface area contributed by atoms with Crippen molar-refractivity contribution in [1.29, 1.82) is 0 Å². The van der Waals surface area contributed by atoms with Gasteiger partial charge in [-0.2, -0.15) is 0 Å². The number of amides is 4. The molecule has 3 heterocycles. The maximum absolute atomic E-state index is 13.2. The van der Waals surface area contributed by atoms with E-state index in [2.05, 4.69) is 41.2 Å². The molecule has 0 bridgehead atoms. The summed E-state index contributed by atoms with van der Waals surface area (Å²) in [5, 5.41) is 29.4. The molecule has 252 valence electrons. The smallest absolute Gasteiger partial charge is 0.327 e. The standard InChI is InChI=1S/C24H34N10O8S4/c25-13-5-43-46-8-18(24(41)42)34-22(38)16(2-12-4-28-10-30-12)32-20(36)14(26)6-44-45-7-17(23(39)40)33-21(37)15(31-19(13)35)1-11-3-27-9-29-11/h3-4,9-10,13-18H,1-2,5-8,25-26H2,(H,27,29)(H,28,30)(H,31,35)(H,32,36)(H,33,37)(H,34,38)(H,39,40)(H,41,42). The Morgan fingerprint density at radius 3 is 1.35 bits per heavy atom. The van der Waals surface area contributed by atoms with Crippen LogP contribution in [0, 0.1) is 0 Å². The van der Waals surface area contributed by atoms with Gasteiger partial charge in [0.25, 0.3) is 0 Å². The van der Waals surface area contributed by atoms with Crippen LogP contribution in [0.2, 0.25) is 0 Å². The lowest BCUT2D eigenvalue weighted by atomic mass is 10.1. The minimum absolute atomic E-state index is 0.0111. The first-order valence-electron chi connectivity index (χ1n) is 13.6. The Morgan fingerprint density at radius 2 is 1.02 bits per heavy atom. The molecule has 46 heavy (non-hydrogen) atoms. The summed E-state index contributed by atoms with van der Waals surface area (Å²) in [4.78, 5) is 89.4. The molecule has 18 nitrogen and oxygen atoms in total. The van der Waals surface area contributed by atoms with E-state index in [1.807, 2.05) is 0 Å². The van der Waals surface area contributed by atoms with Gasteiger partial charge in [-0.25, -0.2) is 19.6 Å². The zero-order valence-electron chi connectivity index (χ0n) is 24.0. The fraction of sp³-hybridized carbons (Fsp3) is 0.500. The molecule has 3 rings (SSSR count). The third kappa shape index (κ3) is 12.1. The van der Waals surface area contributed by atoms with Gasteiger partial charge in [0.05, 0.1) is 24.7 Å². The summed E-state index contributed by atoms with van der Waals surface area (Å²) in [6.45, 7) is 0. The normalized spacial score (nSPS) is 26.7. The second kappa shape index (κ2) is 18.6. The van der Waals surface area contributed by atoms with Gasteiger partial charge in [0.15, 0.2) is 0 Å². The minimum atomic E-state index is -1.35. The average molecular weight is 719 g/mol. The van der Waals surface area contributed by atoms with Crippen LogP contribution in [0.3, 0.4) is 0 Å². The van der Waals surface area contributed by atoms with Crippen LogP contribution >= 0.6 is 43.2 Å². The molecular formula is C24H34N10O8S4. The monoisotopic (exact) mass is 718 g/mol. The van der Waals surface area contributed by atoms with Crippen molar-refractivity contribution in [3.05, 3.63) is 36.4 Å². The Kier molecular flexibility index (Phi) is 15.0. The largest absolute Gasteiger partial charge is 0.480 e. The average Bonchev–Trinajstić information content (AvgIpc) is 3.73. The van der Waals surface area contributed by atoms with E-state index in [0.29, 0.717) is 11.4 Å². The maximum Gasteiger partial charge on any atom is 0.327 e. The van der Waals surface area contributed by atoms with E-state index < -0.39 is 71.8 Å². The quantitative estimate of drug-likeness (QED) is 0.138. The summed E-state index contributed by atoms with van der Waals surface area (Å²) in [6.07, 6.45) is 5.60. The number of rotatable bonds is 6. The van der Waals surface area contributed by atoms with Crippen LogP contribution in [-0.2, 0) is 41.6 Å². The molecule has 1 aliphatic heterocycles. The number of nitrogens with two attached hydrogens (primary N) is 2. The zero-order chi connectivity index (χ0) is 33.6. The minimum Gasteiger partial charge on any atom is -0.480 e. The van der Waals surface area contributed by atoms with Gasteiger partial charge in [0.1, 0.15) is 24.2 Å². The second-order valence-corrected chi connectivity index (χ2v) is 14.9. The highest BCUT2D eigenvalue weighted by molar-refractivity contribution is 8.77. The Morgan fingerprint density at radius 1 is 0.652 bits per heavy atom. The van der Waals surface area contributed by atoms with E-state index in [4.69, 9.17) is 11.5 Å². The molecule has 0 radical (unpaired) electrons. The number of hydrogen-bond acceptors (Lipinski definition) is 14. The Bertz CT molecular complexity index is 1240. The van der Waals surface area contributed by atoms with E-state index in [-0.39, 0.29) is 35.9 Å². The summed E-state index contributed by atoms with van der Waals surface area (Å²) in [5.41, 5.74) is 13.1. The molecule has 6 unspecified atom stereocenters. The van der Waals surface area contributed by atoms with Gasteiger partial charge >= 0.3 is 11.9 Å². The zero-order valence-corrected chi connectivity index (χ0v) is 27.3. The molecule has 2 aromatic heterocycles. The Balaban J connectivity index is 1.78. The van der Waals surface area contributed by atoms with Gasteiger partial charge in [-0.3, -0.25) is 19.2 Å². The number of carboxylic acids is 2. The van der Waals surface area contributed by atoms with Crippen LogP contribution < -0.4 is 32.7 Å².